The Balaban J connectivity index is 0.000000389. The molecule has 7 atom stereocenters. The minimum Gasteiger partial charge on any atom is -0.255 e. The third-order valence-corrected chi connectivity index (χ3v) is 9.70. The van der Waals surface area contributed by atoms with Crippen LogP contribution in [0.5, 0.6) is 0 Å². The summed E-state index contributed by atoms with van der Waals surface area (Å²) in [6, 6.07) is 0. The number of halogens is 2. The molecular formula is C25H44BrF. The Morgan fingerprint density at radius 2 is 1.70 bits per heavy atom. The zero-order valence-corrected chi connectivity index (χ0v) is 20.0. The number of alkyl halides is 2. The fraction of sp³-hybridized carbons (Fsp3) is 0.920. The number of hydrogen-bond acceptors (Lipinski definition) is 0. The van der Waals surface area contributed by atoms with Gasteiger partial charge in [-0.05, 0) is 98.2 Å². The van der Waals surface area contributed by atoms with Crippen molar-refractivity contribution < 1.29 is 4.39 Å². The van der Waals surface area contributed by atoms with Crippen molar-refractivity contribution in [2.24, 2.45) is 40.4 Å². The van der Waals surface area contributed by atoms with Crippen molar-refractivity contribution in [1.82, 2.24) is 0 Å². The maximum absolute atomic E-state index is 9.50. The van der Waals surface area contributed by atoms with E-state index in [1.807, 2.05) is 0 Å². The second-order valence-corrected chi connectivity index (χ2v) is 10.9. The fourth-order valence-corrected chi connectivity index (χ4v) is 7.71. The molecule has 0 nitrogen and oxygen atoms in total. The highest BCUT2D eigenvalue weighted by Gasteiger charge is 2.57. The van der Waals surface area contributed by atoms with Crippen molar-refractivity contribution in [3.63, 3.8) is 0 Å². The third-order valence-electron chi connectivity index (χ3n) is 9.24. The molecule has 0 amide bonds. The van der Waals surface area contributed by atoms with Crippen LogP contribution in [0.15, 0.2) is 12.7 Å². The summed E-state index contributed by atoms with van der Waals surface area (Å²) in [6.45, 7) is 11.2. The lowest BCUT2D eigenvalue weighted by Gasteiger charge is -2.60. The molecule has 0 aromatic heterocycles. The molecule has 0 aliphatic heterocycles. The van der Waals surface area contributed by atoms with Gasteiger partial charge in [0.05, 0.1) is 7.18 Å². The van der Waals surface area contributed by atoms with Crippen molar-refractivity contribution >= 4 is 15.9 Å². The van der Waals surface area contributed by atoms with Crippen LogP contribution in [-0.4, -0.2) is 12.5 Å². The standard InChI is InChI=1S/C21H36.C3H5Br.CH3F/c1-4-15-9-13-21(3)16(14-15)7-8-17-18-6-5-11-20(18,2)12-10-19(17)21;1-2-3-4;1-2/h15-19H,4-14H2,1-3H3;2H,1,3H2;1H3/t15-,16-,17?,18?,19?,20-,21-;;/m0../s1. The highest BCUT2D eigenvalue weighted by Crippen LogP contribution is 2.66. The maximum atomic E-state index is 9.50. The second-order valence-electron chi connectivity index (χ2n) is 10.2. The Morgan fingerprint density at radius 3 is 2.33 bits per heavy atom. The van der Waals surface area contributed by atoms with Crippen LogP contribution in [0, 0.1) is 40.4 Å². The molecule has 0 spiro atoms. The van der Waals surface area contributed by atoms with E-state index in [0.29, 0.717) is 7.18 Å². The van der Waals surface area contributed by atoms with Gasteiger partial charge in [-0.3, -0.25) is 4.39 Å². The van der Waals surface area contributed by atoms with E-state index in [1.54, 1.807) is 57.4 Å². The van der Waals surface area contributed by atoms with Crippen molar-refractivity contribution in [2.75, 3.05) is 12.5 Å². The maximum Gasteiger partial charge on any atom is 0.0785 e. The quantitative estimate of drug-likeness (QED) is 0.296. The molecule has 4 aliphatic rings. The van der Waals surface area contributed by atoms with E-state index in [9.17, 15) is 4.39 Å². The Bertz CT molecular complexity index is 463. The largest absolute Gasteiger partial charge is 0.255 e. The second kappa shape index (κ2) is 10.3. The van der Waals surface area contributed by atoms with E-state index >= 15 is 0 Å². The molecule has 0 N–H and O–H groups in total. The molecule has 0 saturated heterocycles. The third kappa shape index (κ3) is 4.67. The summed E-state index contributed by atoms with van der Waals surface area (Å²) in [4.78, 5) is 0. The smallest absolute Gasteiger partial charge is 0.0785 e. The first-order chi connectivity index (χ1) is 13.0. The summed E-state index contributed by atoms with van der Waals surface area (Å²) in [7, 11) is 0.500. The fourth-order valence-electron chi connectivity index (χ4n) is 7.71. The topological polar surface area (TPSA) is 0 Å². The van der Waals surface area contributed by atoms with Gasteiger partial charge in [-0.25, -0.2) is 0 Å². The molecule has 0 aromatic carbocycles. The SMILES string of the molecule is C=CCBr.CC[C@H]1CC[C@]2(C)C3CC[C@]4(C)CCCC4C3CC[C@H]2C1.CF. The lowest BCUT2D eigenvalue weighted by Crippen LogP contribution is -2.52. The van der Waals surface area contributed by atoms with Crippen LogP contribution in [0.1, 0.15) is 91.4 Å². The summed E-state index contributed by atoms with van der Waals surface area (Å²) in [5.41, 5.74) is 1.46. The lowest BCUT2D eigenvalue weighted by atomic mass is 9.44. The Labute approximate surface area is 177 Å². The molecule has 158 valence electrons. The molecule has 0 radical (unpaired) electrons. The van der Waals surface area contributed by atoms with E-state index in [-0.39, 0.29) is 0 Å². The lowest BCUT2D eigenvalue weighted by molar-refractivity contribution is -0.111. The number of hydrogen-bond donors (Lipinski definition) is 0. The van der Waals surface area contributed by atoms with Gasteiger partial charge in [0.15, 0.2) is 0 Å². The van der Waals surface area contributed by atoms with Gasteiger partial charge < -0.3 is 0 Å². The van der Waals surface area contributed by atoms with E-state index in [2.05, 4.69) is 43.3 Å². The first-order valence-corrected chi connectivity index (χ1v) is 12.6. The van der Waals surface area contributed by atoms with Crippen LogP contribution in [0.25, 0.3) is 0 Å². The van der Waals surface area contributed by atoms with Gasteiger partial charge in [0.25, 0.3) is 0 Å². The number of allylic oxidation sites excluding steroid dienone is 1. The molecule has 0 bridgehead atoms. The van der Waals surface area contributed by atoms with Crippen LogP contribution in [0.2, 0.25) is 0 Å². The summed E-state index contributed by atoms with van der Waals surface area (Å²) in [5, 5.41) is 0.896. The van der Waals surface area contributed by atoms with Gasteiger partial charge in [0.1, 0.15) is 0 Å². The first-order valence-electron chi connectivity index (χ1n) is 11.5. The molecular weight excluding hydrogens is 399 g/mol. The van der Waals surface area contributed by atoms with E-state index in [1.165, 1.54) is 19.3 Å². The van der Waals surface area contributed by atoms with Crippen molar-refractivity contribution in [3.05, 3.63) is 12.7 Å². The van der Waals surface area contributed by atoms with Gasteiger partial charge in [0.2, 0.25) is 0 Å². The van der Waals surface area contributed by atoms with Gasteiger partial charge in [-0.1, -0.05) is 55.6 Å². The zero-order chi connectivity index (χ0) is 20.1. The monoisotopic (exact) mass is 442 g/mol. The molecule has 4 rings (SSSR count). The molecule has 4 fully saturated rings. The average molecular weight is 444 g/mol. The summed E-state index contributed by atoms with van der Waals surface area (Å²) < 4.78 is 9.50. The summed E-state index contributed by atoms with van der Waals surface area (Å²) in [5.74, 6) is 5.41. The van der Waals surface area contributed by atoms with Crippen LogP contribution >= 0.6 is 15.9 Å². The van der Waals surface area contributed by atoms with Crippen LogP contribution in [-0.2, 0) is 0 Å². The van der Waals surface area contributed by atoms with Gasteiger partial charge >= 0.3 is 0 Å². The van der Waals surface area contributed by atoms with Gasteiger partial charge in [-0.2, -0.15) is 0 Å². The van der Waals surface area contributed by atoms with Crippen molar-refractivity contribution in [1.29, 1.82) is 0 Å². The minimum atomic E-state index is 0.500. The van der Waals surface area contributed by atoms with Crippen LogP contribution < -0.4 is 0 Å². The van der Waals surface area contributed by atoms with E-state index < -0.39 is 0 Å². The van der Waals surface area contributed by atoms with Gasteiger partial charge in [0, 0.05) is 5.33 Å². The Morgan fingerprint density at radius 1 is 1.00 bits per heavy atom. The molecule has 4 saturated carbocycles. The van der Waals surface area contributed by atoms with Gasteiger partial charge in [-0.15, -0.1) is 6.58 Å². The highest BCUT2D eigenvalue weighted by molar-refractivity contribution is 9.09. The van der Waals surface area contributed by atoms with E-state index in [0.717, 1.165) is 45.7 Å². The number of fused-ring (bicyclic) bond motifs is 5. The van der Waals surface area contributed by atoms with Crippen molar-refractivity contribution in [3.8, 4) is 0 Å². The van der Waals surface area contributed by atoms with E-state index in [4.69, 9.17) is 0 Å². The molecule has 4 aliphatic carbocycles. The molecule has 27 heavy (non-hydrogen) atoms. The Kier molecular flexibility index (Phi) is 8.90. The predicted molar refractivity (Wildman–Crippen MR) is 121 cm³/mol. The summed E-state index contributed by atoms with van der Waals surface area (Å²) in [6.07, 6.45) is 18.8. The average Bonchev–Trinajstić information content (AvgIpc) is 3.11. The zero-order valence-electron chi connectivity index (χ0n) is 18.4. The number of rotatable bonds is 2. The normalized spacial score (nSPS) is 45.0. The van der Waals surface area contributed by atoms with Crippen LogP contribution in [0.4, 0.5) is 4.39 Å². The molecule has 0 heterocycles. The molecule has 0 aromatic rings. The predicted octanol–water partition coefficient (Wildman–Crippen LogP) is 8.60. The first kappa shape index (κ1) is 23.4. The summed E-state index contributed by atoms with van der Waals surface area (Å²) >= 11 is 3.13. The minimum absolute atomic E-state index is 0.500. The van der Waals surface area contributed by atoms with Crippen LogP contribution in [0.3, 0.4) is 0 Å². The molecule has 3 unspecified atom stereocenters. The van der Waals surface area contributed by atoms with Crippen molar-refractivity contribution in [2.45, 2.75) is 91.4 Å². The molecule has 2 heteroatoms. The Hall–Kier alpha value is 0.150. The highest BCUT2D eigenvalue weighted by atomic mass is 79.9.